The van der Waals surface area contributed by atoms with Gasteiger partial charge < -0.3 is 30.7 Å². The number of rotatable bonds is 2. The lowest BCUT2D eigenvalue weighted by Crippen LogP contribution is -2.58. The third-order valence-electron chi connectivity index (χ3n) is 6.71. The van der Waals surface area contributed by atoms with Crippen molar-refractivity contribution in [2.24, 2.45) is 17.6 Å². The molecule has 0 unspecified atom stereocenters. The monoisotopic (exact) mass is 453 g/mol. The van der Waals surface area contributed by atoms with Crippen LogP contribution in [0, 0.1) is 18.8 Å². The molecule has 11 nitrogen and oxygen atoms in total. The van der Waals surface area contributed by atoms with Gasteiger partial charge in [-0.3, -0.25) is 14.4 Å². The lowest BCUT2D eigenvalue weighted by Gasteiger charge is -2.46. The Morgan fingerprint density at radius 3 is 2.58 bits per heavy atom. The Morgan fingerprint density at radius 1 is 1.21 bits per heavy atom. The number of nitrogens with two attached hydrogens (primary N) is 1. The maximum absolute atomic E-state index is 13.4. The van der Waals surface area contributed by atoms with E-state index in [1.54, 1.807) is 13.0 Å². The van der Waals surface area contributed by atoms with Crippen molar-refractivity contribution in [2.45, 2.75) is 31.8 Å². The summed E-state index contributed by atoms with van der Waals surface area (Å²) in [6.07, 6.45) is -0.182. The van der Waals surface area contributed by atoms with Crippen LogP contribution in [-0.2, 0) is 20.8 Å². The van der Waals surface area contributed by atoms with E-state index in [1.807, 2.05) is 0 Å². The maximum Gasteiger partial charge on any atom is 0.258 e. The quantitative estimate of drug-likeness (QED) is 0.405. The molecule has 1 aromatic carbocycles. The summed E-state index contributed by atoms with van der Waals surface area (Å²) in [6.45, 7) is 1.64. The predicted molar refractivity (Wildman–Crippen MR) is 109 cm³/mol. The molecule has 1 aromatic heterocycles. The summed E-state index contributed by atoms with van der Waals surface area (Å²) in [5.41, 5.74) is 2.44. The van der Waals surface area contributed by atoms with Gasteiger partial charge in [-0.05, 0) is 43.4 Å². The summed E-state index contributed by atoms with van der Waals surface area (Å²) in [5.74, 6) is -6.19. The average molecular weight is 453 g/mol. The number of carbonyl (C=O) groups is 3. The van der Waals surface area contributed by atoms with E-state index in [2.05, 4.69) is 10.1 Å². The van der Waals surface area contributed by atoms with Crippen LogP contribution in [0.4, 0.5) is 0 Å². The molecule has 1 fully saturated rings. The minimum atomic E-state index is -2.59. The molecule has 0 saturated heterocycles. The molecule has 5 rings (SSSR count). The van der Waals surface area contributed by atoms with Gasteiger partial charge in [-0.25, -0.2) is 0 Å². The van der Waals surface area contributed by atoms with Gasteiger partial charge in [0.25, 0.3) is 11.8 Å². The minimum Gasteiger partial charge on any atom is -0.508 e. The molecule has 3 atom stereocenters. The number of aromatic hydroxyl groups is 1. The van der Waals surface area contributed by atoms with E-state index >= 15 is 0 Å². The number of aliphatic hydroxyl groups is 3. The highest BCUT2D eigenvalue weighted by Gasteiger charge is 2.60. The third kappa shape index (κ3) is 2.68. The van der Waals surface area contributed by atoms with E-state index in [4.69, 9.17) is 10.3 Å². The number of fused-ring (bicyclic) bond motifs is 3. The molecule has 3 aliphatic rings. The van der Waals surface area contributed by atoms with E-state index in [-0.39, 0.29) is 42.0 Å². The standard InChI is InChI=1S/C22H19N3O8/c1-7-24-21(33-25-7)10-2-3-12(26)15-11(10)5-8-4-9-6-13(27)16(20(23)31)19(30)22(9,32)18(29)14(8)17(15)28/h2-3,8-9,26,28,30,32H,4-6H2,1H3,(H2,23,31)/t8-,9+,22+/m1/s1. The normalized spacial score (nSPS) is 26.7. The number of benzene rings is 1. The zero-order chi connectivity index (χ0) is 23.8. The van der Waals surface area contributed by atoms with Crippen LogP contribution in [0.3, 0.4) is 0 Å². The smallest absolute Gasteiger partial charge is 0.258 e. The Labute approximate surface area is 185 Å². The molecule has 1 amide bonds. The number of aromatic nitrogens is 2. The largest absolute Gasteiger partial charge is 0.508 e. The highest BCUT2D eigenvalue weighted by atomic mass is 16.5. The molecular weight excluding hydrogens is 434 g/mol. The van der Waals surface area contributed by atoms with Gasteiger partial charge in [-0.1, -0.05) is 5.16 Å². The van der Waals surface area contributed by atoms with Gasteiger partial charge >= 0.3 is 0 Å². The molecular formula is C22H19N3O8. The summed E-state index contributed by atoms with van der Waals surface area (Å²) < 4.78 is 5.24. The van der Waals surface area contributed by atoms with Gasteiger partial charge in [-0.2, -0.15) is 4.98 Å². The number of hydrogen-bond acceptors (Lipinski definition) is 10. The average Bonchev–Trinajstić information content (AvgIpc) is 3.16. The van der Waals surface area contributed by atoms with Crippen LogP contribution < -0.4 is 5.73 Å². The Kier molecular flexibility index (Phi) is 4.27. The summed E-state index contributed by atoms with van der Waals surface area (Å²) in [5, 5.41) is 47.1. The van der Waals surface area contributed by atoms with E-state index in [1.165, 1.54) is 6.07 Å². The lowest BCUT2D eigenvalue weighted by atomic mass is 9.59. The molecule has 33 heavy (non-hydrogen) atoms. The van der Waals surface area contributed by atoms with Crippen molar-refractivity contribution in [3.05, 3.63) is 46.0 Å². The molecule has 0 aliphatic heterocycles. The number of phenols is 1. The number of aliphatic hydroxyl groups excluding tert-OH is 2. The summed E-state index contributed by atoms with van der Waals surface area (Å²) >= 11 is 0. The fourth-order valence-electron chi connectivity index (χ4n) is 5.23. The van der Waals surface area contributed by atoms with E-state index in [0.717, 1.165) is 0 Å². The predicted octanol–water partition coefficient (Wildman–Crippen LogP) is 0.782. The van der Waals surface area contributed by atoms with E-state index < -0.39 is 52.0 Å². The fraction of sp³-hybridized carbons (Fsp3) is 0.318. The SMILES string of the molecule is Cc1noc(-c2ccc(O)c3c2C[C@H]2C[C@H]4CC(=O)C(C(N)=O)=C(O)[C@@]4(O)C(=O)C2=C3O)n1. The third-order valence-corrected chi connectivity index (χ3v) is 6.71. The Hall–Kier alpha value is -3.99. The van der Waals surface area contributed by atoms with Crippen molar-refractivity contribution in [1.29, 1.82) is 0 Å². The highest BCUT2D eigenvalue weighted by molar-refractivity contribution is 6.22. The van der Waals surface area contributed by atoms with Crippen LogP contribution in [0.5, 0.6) is 5.75 Å². The number of Topliss-reactive ketones (excluding diaryl/α,β-unsaturated/α-hetero) is 2. The van der Waals surface area contributed by atoms with Crippen LogP contribution in [0.2, 0.25) is 0 Å². The lowest BCUT2D eigenvalue weighted by molar-refractivity contribution is -0.147. The van der Waals surface area contributed by atoms with Crippen molar-refractivity contribution in [3.63, 3.8) is 0 Å². The molecule has 6 N–H and O–H groups in total. The number of carbonyl (C=O) groups excluding carboxylic acids is 3. The first kappa shape index (κ1) is 20.9. The molecule has 170 valence electrons. The molecule has 0 radical (unpaired) electrons. The number of ketones is 2. The number of hydrogen-bond donors (Lipinski definition) is 5. The van der Waals surface area contributed by atoms with Gasteiger partial charge in [-0.15, -0.1) is 0 Å². The van der Waals surface area contributed by atoms with Crippen LogP contribution in [0.25, 0.3) is 17.2 Å². The van der Waals surface area contributed by atoms with Crippen LogP contribution >= 0.6 is 0 Å². The van der Waals surface area contributed by atoms with Gasteiger partial charge in [0.2, 0.25) is 5.78 Å². The highest BCUT2D eigenvalue weighted by Crippen LogP contribution is 2.52. The first-order valence-corrected chi connectivity index (χ1v) is 10.2. The maximum atomic E-state index is 13.4. The second-order valence-electron chi connectivity index (χ2n) is 8.54. The first-order valence-electron chi connectivity index (χ1n) is 10.2. The molecule has 1 saturated carbocycles. The molecule has 1 heterocycles. The number of phenolic OH excluding ortho intramolecular Hbond substituents is 1. The summed E-state index contributed by atoms with van der Waals surface area (Å²) in [7, 11) is 0. The molecule has 3 aliphatic carbocycles. The Morgan fingerprint density at radius 2 is 1.94 bits per heavy atom. The number of nitrogens with zero attached hydrogens (tertiary/aromatic N) is 2. The zero-order valence-corrected chi connectivity index (χ0v) is 17.3. The Bertz CT molecular complexity index is 1340. The van der Waals surface area contributed by atoms with E-state index in [9.17, 15) is 34.8 Å². The molecule has 2 aromatic rings. The van der Waals surface area contributed by atoms with Crippen LogP contribution in [0.1, 0.15) is 29.8 Å². The van der Waals surface area contributed by atoms with Crippen molar-refractivity contribution in [2.75, 3.05) is 0 Å². The van der Waals surface area contributed by atoms with Crippen molar-refractivity contribution < 1.29 is 39.3 Å². The number of amides is 1. The fourth-order valence-corrected chi connectivity index (χ4v) is 5.23. The second-order valence-corrected chi connectivity index (χ2v) is 8.54. The second kappa shape index (κ2) is 6.75. The van der Waals surface area contributed by atoms with Crippen LogP contribution in [-0.4, -0.2) is 53.6 Å². The van der Waals surface area contributed by atoms with Gasteiger partial charge in [0.15, 0.2) is 17.2 Å². The van der Waals surface area contributed by atoms with Crippen molar-refractivity contribution in [1.82, 2.24) is 10.1 Å². The van der Waals surface area contributed by atoms with Crippen molar-refractivity contribution >= 4 is 23.2 Å². The zero-order valence-electron chi connectivity index (χ0n) is 17.3. The Balaban J connectivity index is 1.71. The molecule has 0 bridgehead atoms. The number of aryl methyl sites for hydroxylation is 1. The molecule has 0 spiro atoms. The van der Waals surface area contributed by atoms with Crippen LogP contribution in [0.15, 0.2) is 33.6 Å². The summed E-state index contributed by atoms with van der Waals surface area (Å²) in [4.78, 5) is 41.7. The van der Waals surface area contributed by atoms with Gasteiger partial charge in [0.1, 0.15) is 22.8 Å². The summed E-state index contributed by atoms with van der Waals surface area (Å²) in [6, 6.07) is 2.86. The first-order chi connectivity index (χ1) is 15.6. The molecule has 11 heteroatoms. The van der Waals surface area contributed by atoms with Gasteiger partial charge in [0.05, 0.1) is 5.56 Å². The van der Waals surface area contributed by atoms with Crippen molar-refractivity contribution in [3.8, 4) is 17.2 Å². The topological polar surface area (TPSA) is 197 Å². The minimum absolute atomic E-state index is 0.0320. The van der Waals surface area contributed by atoms with Gasteiger partial charge in [0, 0.05) is 23.5 Å². The van der Waals surface area contributed by atoms with E-state index in [0.29, 0.717) is 17.0 Å². The number of primary amides is 1.